The van der Waals surface area contributed by atoms with Crippen molar-refractivity contribution < 1.29 is 19.1 Å². The lowest BCUT2D eigenvalue weighted by Gasteiger charge is -2.07. The Labute approximate surface area is 117 Å². The van der Waals surface area contributed by atoms with Crippen LogP contribution in [0.5, 0.6) is 0 Å². The summed E-state index contributed by atoms with van der Waals surface area (Å²) in [6.45, 7) is 5.59. The van der Waals surface area contributed by atoms with Gasteiger partial charge in [0.2, 0.25) is 0 Å². The number of nitrogens with two attached hydrogens (primary N) is 1. The lowest BCUT2D eigenvalue weighted by molar-refractivity contribution is -0.144. The topological polar surface area (TPSA) is 108 Å². The standard InChI is InChI=1S/C12H20N4O4/c1-5-20-8(17)6-16-10(13)9(12(18)19-4)11(15-16)14-7(2)3/h7H,5-6,13H2,1-4H3,(H,14,15). The lowest BCUT2D eigenvalue weighted by Crippen LogP contribution is -2.17. The van der Waals surface area contributed by atoms with Crippen LogP contribution in [0.3, 0.4) is 0 Å². The predicted octanol–water partition coefficient (Wildman–Crippen LogP) is 0.635. The van der Waals surface area contributed by atoms with Crippen molar-refractivity contribution in [2.45, 2.75) is 33.4 Å². The average Bonchev–Trinajstić information content (AvgIpc) is 2.64. The van der Waals surface area contributed by atoms with Crippen molar-refractivity contribution in [3.63, 3.8) is 0 Å². The molecule has 0 radical (unpaired) electrons. The molecule has 0 aliphatic heterocycles. The predicted molar refractivity (Wildman–Crippen MR) is 73.4 cm³/mol. The fourth-order valence-corrected chi connectivity index (χ4v) is 1.60. The van der Waals surface area contributed by atoms with Crippen LogP contribution in [0.4, 0.5) is 11.6 Å². The van der Waals surface area contributed by atoms with E-state index in [1.54, 1.807) is 6.92 Å². The van der Waals surface area contributed by atoms with Crippen molar-refractivity contribution >= 4 is 23.6 Å². The van der Waals surface area contributed by atoms with Gasteiger partial charge in [0.25, 0.3) is 0 Å². The van der Waals surface area contributed by atoms with E-state index < -0.39 is 11.9 Å². The number of nitrogen functional groups attached to an aromatic ring is 1. The van der Waals surface area contributed by atoms with Crippen molar-refractivity contribution in [3.8, 4) is 0 Å². The Morgan fingerprint density at radius 3 is 2.60 bits per heavy atom. The van der Waals surface area contributed by atoms with E-state index in [1.165, 1.54) is 11.8 Å². The first kappa shape index (κ1) is 15.8. The minimum atomic E-state index is -0.610. The molecule has 0 aromatic carbocycles. The fourth-order valence-electron chi connectivity index (χ4n) is 1.60. The number of carbonyl (C=O) groups is 2. The number of methoxy groups -OCH3 is 1. The van der Waals surface area contributed by atoms with Crippen LogP contribution in [0.2, 0.25) is 0 Å². The van der Waals surface area contributed by atoms with Gasteiger partial charge >= 0.3 is 11.9 Å². The number of aromatic nitrogens is 2. The molecule has 1 heterocycles. The molecule has 0 saturated carbocycles. The van der Waals surface area contributed by atoms with Gasteiger partial charge < -0.3 is 20.5 Å². The van der Waals surface area contributed by atoms with Gasteiger partial charge in [0.1, 0.15) is 17.9 Å². The maximum absolute atomic E-state index is 11.7. The summed E-state index contributed by atoms with van der Waals surface area (Å²) in [4.78, 5) is 23.2. The molecule has 3 N–H and O–H groups in total. The van der Waals surface area contributed by atoms with Crippen molar-refractivity contribution in [2.24, 2.45) is 0 Å². The number of rotatable bonds is 6. The summed E-state index contributed by atoms with van der Waals surface area (Å²) in [7, 11) is 1.25. The molecule has 112 valence electrons. The van der Waals surface area contributed by atoms with Crippen LogP contribution in [-0.4, -0.2) is 41.5 Å². The first-order valence-electron chi connectivity index (χ1n) is 6.27. The number of hydrogen-bond donors (Lipinski definition) is 2. The zero-order chi connectivity index (χ0) is 15.3. The van der Waals surface area contributed by atoms with E-state index in [0.717, 1.165) is 0 Å². The van der Waals surface area contributed by atoms with Crippen molar-refractivity contribution in [3.05, 3.63) is 5.56 Å². The summed E-state index contributed by atoms with van der Waals surface area (Å²) in [6.07, 6.45) is 0. The minimum absolute atomic E-state index is 0.0451. The van der Waals surface area contributed by atoms with Gasteiger partial charge in [0.05, 0.1) is 13.7 Å². The van der Waals surface area contributed by atoms with E-state index in [0.29, 0.717) is 0 Å². The van der Waals surface area contributed by atoms with Gasteiger partial charge in [-0.25, -0.2) is 9.48 Å². The Balaban J connectivity index is 3.11. The van der Waals surface area contributed by atoms with Crippen LogP contribution in [0.1, 0.15) is 31.1 Å². The average molecular weight is 284 g/mol. The Morgan fingerprint density at radius 1 is 1.45 bits per heavy atom. The summed E-state index contributed by atoms with van der Waals surface area (Å²) < 4.78 is 10.7. The second-order valence-electron chi connectivity index (χ2n) is 4.36. The molecule has 0 amide bonds. The van der Waals surface area contributed by atoms with Crippen LogP contribution in [-0.2, 0) is 20.8 Å². The molecule has 0 unspecified atom stereocenters. The molecular formula is C12H20N4O4. The van der Waals surface area contributed by atoms with Crippen LogP contribution in [0.25, 0.3) is 0 Å². The molecule has 0 spiro atoms. The molecule has 1 aromatic rings. The highest BCUT2D eigenvalue weighted by molar-refractivity contribution is 5.99. The van der Waals surface area contributed by atoms with Crippen LogP contribution < -0.4 is 11.1 Å². The third kappa shape index (κ3) is 3.62. The SMILES string of the molecule is CCOC(=O)Cn1nc(NC(C)C)c(C(=O)OC)c1N. The smallest absolute Gasteiger partial charge is 0.345 e. The van der Waals surface area contributed by atoms with Crippen LogP contribution in [0.15, 0.2) is 0 Å². The minimum Gasteiger partial charge on any atom is -0.465 e. The maximum Gasteiger partial charge on any atom is 0.345 e. The highest BCUT2D eigenvalue weighted by atomic mass is 16.5. The normalized spacial score (nSPS) is 10.4. The number of ether oxygens (including phenoxy) is 2. The van der Waals surface area contributed by atoms with Gasteiger partial charge in [-0.1, -0.05) is 0 Å². The molecule has 1 aromatic heterocycles. The highest BCUT2D eigenvalue weighted by Crippen LogP contribution is 2.23. The van der Waals surface area contributed by atoms with Gasteiger partial charge in [0.15, 0.2) is 5.82 Å². The summed E-state index contributed by atoms with van der Waals surface area (Å²) >= 11 is 0. The van der Waals surface area contributed by atoms with Crippen LogP contribution in [0, 0.1) is 0 Å². The largest absolute Gasteiger partial charge is 0.465 e. The first-order chi connectivity index (χ1) is 9.40. The molecular weight excluding hydrogens is 264 g/mol. The van der Waals surface area contributed by atoms with Gasteiger partial charge in [0, 0.05) is 6.04 Å². The van der Waals surface area contributed by atoms with E-state index in [1.807, 2.05) is 13.8 Å². The number of anilines is 2. The van der Waals surface area contributed by atoms with Crippen molar-refractivity contribution in [1.82, 2.24) is 9.78 Å². The van der Waals surface area contributed by atoms with Crippen molar-refractivity contribution in [2.75, 3.05) is 24.8 Å². The molecule has 0 fully saturated rings. The highest BCUT2D eigenvalue weighted by Gasteiger charge is 2.24. The summed E-state index contributed by atoms with van der Waals surface area (Å²) in [6, 6.07) is 0.0451. The molecule has 0 aliphatic rings. The second kappa shape index (κ2) is 6.78. The number of carbonyl (C=O) groups excluding carboxylic acids is 2. The number of nitrogens with zero attached hydrogens (tertiary/aromatic N) is 2. The summed E-state index contributed by atoms with van der Waals surface area (Å²) in [5.74, 6) is -0.739. The van der Waals surface area contributed by atoms with Crippen LogP contribution >= 0.6 is 0 Å². The number of esters is 2. The quantitative estimate of drug-likeness (QED) is 0.737. The van der Waals surface area contributed by atoms with Gasteiger partial charge in [-0.2, -0.15) is 5.10 Å². The molecule has 20 heavy (non-hydrogen) atoms. The summed E-state index contributed by atoms with van der Waals surface area (Å²) in [5.41, 5.74) is 5.97. The Hall–Kier alpha value is -2.25. The number of nitrogens with one attached hydrogen (secondary N) is 1. The van der Waals surface area contributed by atoms with Gasteiger partial charge in [-0.15, -0.1) is 0 Å². The van der Waals surface area contributed by atoms with Gasteiger partial charge in [-0.05, 0) is 20.8 Å². The second-order valence-corrected chi connectivity index (χ2v) is 4.36. The molecule has 1 rings (SSSR count). The third-order valence-electron chi connectivity index (χ3n) is 2.39. The van der Waals surface area contributed by atoms with E-state index in [2.05, 4.69) is 15.2 Å². The fraction of sp³-hybridized carbons (Fsp3) is 0.583. The molecule has 0 bridgehead atoms. The molecule has 0 saturated heterocycles. The van der Waals surface area contributed by atoms with E-state index in [9.17, 15) is 9.59 Å². The Bertz CT molecular complexity index is 496. The molecule has 0 aliphatic carbocycles. The Kier molecular flexibility index (Phi) is 5.36. The third-order valence-corrected chi connectivity index (χ3v) is 2.39. The van der Waals surface area contributed by atoms with Crippen molar-refractivity contribution in [1.29, 1.82) is 0 Å². The number of hydrogen-bond acceptors (Lipinski definition) is 7. The lowest BCUT2D eigenvalue weighted by atomic mass is 10.3. The zero-order valence-electron chi connectivity index (χ0n) is 12.1. The monoisotopic (exact) mass is 284 g/mol. The molecule has 8 nitrogen and oxygen atoms in total. The Morgan fingerprint density at radius 2 is 2.10 bits per heavy atom. The molecule has 8 heteroatoms. The van der Waals surface area contributed by atoms with Gasteiger partial charge in [-0.3, -0.25) is 4.79 Å². The first-order valence-corrected chi connectivity index (χ1v) is 6.27. The van der Waals surface area contributed by atoms with E-state index >= 15 is 0 Å². The maximum atomic E-state index is 11.7. The summed E-state index contributed by atoms with van der Waals surface area (Å²) in [5, 5.41) is 7.11. The molecule has 0 atom stereocenters. The zero-order valence-corrected chi connectivity index (χ0v) is 12.1. The van der Waals surface area contributed by atoms with E-state index in [4.69, 9.17) is 10.5 Å². The van der Waals surface area contributed by atoms with E-state index in [-0.39, 0.29) is 36.4 Å².